The number of imide groups is 1. The van der Waals surface area contributed by atoms with Gasteiger partial charge in [-0.15, -0.1) is 0 Å². The van der Waals surface area contributed by atoms with Crippen LogP contribution in [0.1, 0.15) is 42.7 Å². The van der Waals surface area contributed by atoms with E-state index in [1.165, 1.54) is 15.5 Å². The van der Waals surface area contributed by atoms with E-state index in [9.17, 15) is 19.2 Å². The average Bonchev–Trinajstić information content (AvgIpc) is 3.41. The summed E-state index contributed by atoms with van der Waals surface area (Å²) in [6.07, 6.45) is 0. The lowest BCUT2D eigenvalue weighted by atomic mass is 9.81. The van der Waals surface area contributed by atoms with Gasteiger partial charge in [0.2, 0.25) is 17.7 Å². The predicted molar refractivity (Wildman–Crippen MR) is 178 cm³/mol. The Morgan fingerprint density at radius 3 is 2.20 bits per heavy atom. The minimum Gasteiger partial charge on any atom is -0.324 e. The topological polar surface area (TPSA) is 88.5 Å². The first-order valence-corrected chi connectivity index (χ1v) is 16.6. The molecule has 3 amide bonds. The van der Waals surface area contributed by atoms with E-state index in [4.69, 9.17) is 34.8 Å². The number of hydrogen-bond acceptors (Lipinski definition) is 6. The molecule has 3 aromatic carbocycles. The van der Waals surface area contributed by atoms with Crippen molar-refractivity contribution in [2.45, 2.75) is 48.9 Å². The molecule has 226 valence electrons. The number of rotatable bonds is 5. The van der Waals surface area contributed by atoms with Gasteiger partial charge >= 0.3 is 4.87 Å². The Kier molecular flexibility index (Phi) is 8.22. The molecule has 2 aliphatic rings. The third-order valence-corrected chi connectivity index (χ3v) is 11.4. The molecule has 1 N–H and O–H groups in total. The largest absolute Gasteiger partial charge is 0.324 e. The van der Waals surface area contributed by atoms with Crippen LogP contribution >= 0.6 is 57.9 Å². The van der Waals surface area contributed by atoms with Gasteiger partial charge in [-0.25, -0.2) is 4.90 Å². The molecule has 44 heavy (non-hydrogen) atoms. The van der Waals surface area contributed by atoms with Crippen molar-refractivity contribution in [3.63, 3.8) is 0 Å². The first-order valence-electron chi connectivity index (χ1n) is 13.7. The molecule has 0 radical (unpaired) electrons. The molecule has 2 aliphatic heterocycles. The van der Waals surface area contributed by atoms with Crippen LogP contribution in [-0.2, 0) is 26.3 Å². The van der Waals surface area contributed by atoms with Gasteiger partial charge in [-0.2, -0.15) is 0 Å². The van der Waals surface area contributed by atoms with Crippen molar-refractivity contribution in [3.05, 3.63) is 107 Å². The van der Waals surface area contributed by atoms with Crippen LogP contribution in [0.3, 0.4) is 0 Å². The molecule has 1 saturated heterocycles. The van der Waals surface area contributed by atoms with E-state index < -0.39 is 23.0 Å². The van der Waals surface area contributed by atoms with Gasteiger partial charge in [0, 0.05) is 21.5 Å². The Bertz CT molecular complexity index is 1860. The fourth-order valence-corrected chi connectivity index (χ4v) is 8.76. The number of benzene rings is 3. The summed E-state index contributed by atoms with van der Waals surface area (Å²) < 4.78 is 1.38. The summed E-state index contributed by atoms with van der Waals surface area (Å²) in [4.78, 5) is 56.0. The number of halogens is 3. The first-order chi connectivity index (χ1) is 20.8. The number of fused-ring (bicyclic) bond motifs is 2. The van der Waals surface area contributed by atoms with Crippen molar-refractivity contribution in [1.82, 2.24) is 4.57 Å². The first kappa shape index (κ1) is 30.9. The Morgan fingerprint density at radius 2 is 1.57 bits per heavy atom. The molecule has 6 rings (SSSR count). The van der Waals surface area contributed by atoms with Gasteiger partial charge in [0.1, 0.15) is 11.8 Å². The van der Waals surface area contributed by atoms with Crippen molar-refractivity contribution in [1.29, 1.82) is 0 Å². The summed E-state index contributed by atoms with van der Waals surface area (Å²) in [5, 5.41) is 3.59. The summed E-state index contributed by atoms with van der Waals surface area (Å²) in [6.45, 7) is 6.07. The molecule has 3 atom stereocenters. The molecule has 3 heterocycles. The number of carbonyl (C=O) groups excluding carboxylic acids is 3. The van der Waals surface area contributed by atoms with Crippen LogP contribution < -0.4 is 15.1 Å². The number of amides is 3. The van der Waals surface area contributed by atoms with E-state index in [0.717, 1.165) is 34.2 Å². The highest BCUT2D eigenvalue weighted by Crippen LogP contribution is 2.54. The van der Waals surface area contributed by atoms with Crippen LogP contribution in [0, 0.1) is 5.92 Å². The number of carbonyl (C=O) groups is 3. The zero-order valence-electron chi connectivity index (χ0n) is 23.8. The number of aromatic nitrogens is 1. The molecule has 1 aromatic heterocycles. The number of thioether (sulfide) groups is 1. The van der Waals surface area contributed by atoms with Gasteiger partial charge in [-0.3, -0.25) is 23.7 Å². The number of hydrogen-bond donors (Lipinski definition) is 1. The lowest BCUT2D eigenvalue weighted by Gasteiger charge is -2.31. The van der Waals surface area contributed by atoms with Gasteiger partial charge in [-0.1, -0.05) is 103 Å². The molecule has 0 spiro atoms. The summed E-state index contributed by atoms with van der Waals surface area (Å²) in [5.41, 5.74) is 2.71. The molecule has 3 unspecified atom stereocenters. The van der Waals surface area contributed by atoms with E-state index in [2.05, 4.69) is 26.1 Å². The van der Waals surface area contributed by atoms with Crippen LogP contribution in [0.25, 0.3) is 0 Å². The van der Waals surface area contributed by atoms with Crippen LogP contribution in [-0.4, -0.2) is 27.5 Å². The minimum atomic E-state index is -0.795. The van der Waals surface area contributed by atoms with E-state index >= 15 is 0 Å². The van der Waals surface area contributed by atoms with E-state index in [1.807, 2.05) is 24.3 Å². The lowest BCUT2D eigenvalue weighted by Crippen LogP contribution is -2.33. The predicted octanol–water partition coefficient (Wildman–Crippen LogP) is 7.60. The van der Waals surface area contributed by atoms with Crippen LogP contribution in [0.2, 0.25) is 15.1 Å². The Balaban J connectivity index is 1.41. The van der Waals surface area contributed by atoms with Gasteiger partial charge < -0.3 is 5.32 Å². The number of nitrogens with zero attached hydrogens (tertiary/aromatic N) is 2. The highest BCUT2D eigenvalue weighted by Gasteiger charge is 2.56. The van der Waals surface area contributed by atoms with Gasteiger partial charge in [-0.05, 0) is 59.0 Å². The van der Waals surface area contributed by atoms with Crippen LogP contribution in [0.5, 0.6) is 0 Å². The Labute approximate surface area is 277 Å². The second kappa shape index (κ2) is 11.7. The van der Waals surface area contributed by atoms with Crippen molar-refractivity contribution in [2.24, 2.45) is 5.92 Å². The molecule has 0 bridgehead atoms. The van der Waals surface area contributed by atoms with E-state index in [1.54, 1.807) is 36.4 Å². The standard InChI is InChI=1S/C32H26Cl3N3O4S2/c1-32(2,3)17-6-4-16(5-7-17)24-25-26(29(41)38(28(25)40)20-11-8-18(33)9-12-20)43-30-27(24)44-31(42)37(30)15-23(39)36-19-10-13-21(34)22(35)14-19/h4-14,24-26H,15H2,1-3H3,(H,36,39). The van der Waals surface area contributed by atoms with Gasteiger partial charge in [0.05, 0.1) is 26.7 Å². The fourth-order valence-electron chi connectivity index (χ4n) is 5.57. The van der Waals surface area contributed by atoms with Crippen molar-refractivity contribution in [2.75, 3.05) is 10.2 Å². The summed E-state index contributed by atoms with van der Waals surface area (Å²) in [5.74, 6) is -2.46. The van der Waals surface area contributed by atoms with Crippen molar-refractivity contribution in [3.8, 4) is 0 Å². The van der Waals surface area contributed by atoms with Gasteiger partial charge in [0.25, 0.3) is 0 Å². The molecule has 12 heteroatoms. The zero-order chi connectivity index (χ0) is 31.5. The highest BCUT2D eigenvalue weighted by molar-refractivity contribution is 8.00. The molecule has 4 aromatic rings. The normalized spacial score (nSPS) is 19.6. The van der Waals surface area contributed by atoms with Crippen molar-refractivity contribution < 1.29 is 14.4 Å². The average molecular weight is 687 g/mol. The third-order valence-electron chi connectivity index (χ3n) is 7.77. The summed E-state index contributed by atoms with van der Waals surface area (Å²) in [7, 11) is 0. The zero-order valence-corrected chi connectivity index (χ0v) is 27.7. The maximum absolute atomic E-state index is 14.1. The minimum absolute atomic E-state index is 0.0883. The second-order valence-corrected chi connectivity index (χ2v) is 15.1. The number of anilines is 2. The van der Waals surface area contributed by atoms with Crippen molar-refractivity contribution >= 4 is 87.0 Å². The number of thiazole rings is 1. The monoisotopic (exact) mass is 685 g/mol. The third kappa shape index (κ3) is 5.61. The quantitative estimate of drug-likeness (QED) is 0.219. The fraction of sp³-hybridized carbons (Fsp3) is 0.250. The maximum atomic E-state index is 14.1. The molecular weight excluding hydrogens is 661 g/mol. The molecular formula is C32H26Cl3N3O4S2. The Morgan fingerprint density at radius 1 is 0.886 bits per heavy atom. The maximum Gasteiger partial charge on any atom is 0.308 e. The summed E-state index contributed by atoms with van der Waals surface area (Å²) >= 11 is 20.3. The second-order valence-electron chi connectivity index (χ2n) is 11.7. The van der Waals surface area contributed by atoms with Gasteiger partial charge in [0.15, 0.2) is 0 Å². The van der Waals surface area contributed by atoms with E-state index in [-0.39, 0.29) is 33.7 Å². The SMILES string of the molecule is CC(C)(C)c1ccc(C2c3sc(=O)n(CC(=O)Nc4ccc(Cl)c(Cl)c4)c3SC3C(=O)N(c4ccc(Cl)cc4)C(=O)C32)cc1. The Hall–Kier alpha value is -3.08. The molecule has 0 aliphatic carbocycles. The lowest BCUT2D eigenvalue weighted by molar-refractivity contribution is -0.122. The summed E-state index contributed by atoms with van der Waals surface area (Å²) in [6, 6.07) is 19.3. The van der Waals surface area contributed by atoms with Crippen LogP contribution in [0.15, 0.2) is 76.6 Å². The van der Waals surface area contributed by atoms with E-state index in [0.29, 0.717) is 31.3 Å². The molecule has 7 nitrogen and oxygen atoms in total. The molecule has 1 fully saturated rings. The highest BCUT2D eigenvalue weighted by atomic mass is 35.5. The smallest absolute Gasteiger partial charge is 0.308 e. The van der Waals surface area contributed by atoms with Crippen LogP contribution in [0.4, 0.5) is 11.4 Å². The molecule has 0 saturated carbocycles. The number of nitrogens with one attached hydrogen (secondary N) is 1.